The number of aromatic nitrogens is 4. The Morgan fingerprint density at radius 3 is 2.87 bits per heavy atom. The quantitative estimate of drug-likeness (QED) is 0.868. The molecule has 0 atom stereocenters. The van der Waals surface area contributed by atoms with Gasteiger partial charge < -0.3 is 5.73 Å². The lowest BCUT2D eigenvalue weighted by molar-refractivity contribution is 0.913. The molecule has 0 fully saturated rings. The van der Waals surface area contributed by atoms with Crippen LogP contribution in [0.2, 0.25) is 0 Å². The lowest BCUT2D eigenvalue weighted by Crippen LogP contribution is -2.01. The summed E-state index contributed by atoms with van der Waals surface area (Å²) in [7, 11) is 0. The molecular weight excluding hydrogens is 230 g/mol. The molecule has 0 aliphatic rings. The van der Waals surface area contributed by atoms with Crippen molar-refractivity contribution in [1.29, 1.82) is 0 Å². The fourth-order valence-electron chi connectivity index (χ4n) is 1.17. The van der Waals surface area contributed by atoms with Gasteiger partial charge in [0.15, 0.2) is 5.01 Å². The molecule has 0 bridgehead atoms. The van der Waals surface area contributed by atoms with E-state index in [1.54, 1.807) is 11.3 Å². The van der Waals surface area contributed by atoms with Crippen LogP contribution >= 0.6 is 22.9 Å². The molecule has 0 aliphatic heterocycles. The molecule has 7 heteroatoms. The van der Waals surface area contributed by atoms with Crippen molar-refractivity contribution < 1.29 is 0 Å². The molecule has 2 aromatic heterocycles. The van der Waals surface area contributed by atoms with Crippen molar-refractivity contribution >= 4 is 22.9 Å². The Hall–Kier alpha value is -0.920. The van der Waals surface area contributed by atoms with Crippen LogP contribution in [0.1, 0.15) is 17.6 Å². The molecule has 2 aromatic rings. The predicted molar refractivity (Wildman–Crippen MR) is 60.9 cm³/mol. The van der Waals surface area contributed by atoms with Gasteiger partial charge in [-0.05, 0) is 24.5 Å². The highest BCUT2D eigenvalue weighted by atomic mass is 32.1. The topological polar surface area (TPSA) is 77.6 Å². The lowest BCUT2D eigenvalue weighted by atomic mass is 10.3. The fraction of sp³-hybridized carbons (Fsp3) is 0.500. The van der Waals surface area contributed by atoms with Crippen LogP contribution in [0, 0.1) is 0 Å². The number of hydrogen-bond donors (Lipinski definition) is 1. The summed E-state index contributed by atoms with van der Waals surface area (Å²) in [6.07, 6.45) is 1.66. The van der Waals surface area contributed by atoms with Gasteiger partial charge >= 0.3 is 0 Å². The van der Waals surface area contributed by atoms with Crippen LogP contribution in [0.25, 0.3) is 9.88 Å². The van der Waals surface area contributed by atoms with Gasteiger partial charge in [-0.15, -0.1) is 15.3 Å². The predicted octanol–water partition coefficient (Wildman–Crippen LogP) is 1.12. The summed E-state index contributed by atoms with van der Waals surface area (Å²) >= 11 is 2.95. The Balaban J connectivity index is 2.28. The summed E-state index contributed by atoms with van der Waals surface area (Å²) in [5.74, 6) is 0. The first kappa shape index (κ1) is 10.6. The van der Waals surface area contributed by atoms with E-state index < -0.39 is 0 Å². The minimum Gasteiger partial charge on any atom is -0.330 e. The van der Waals surface area contributed by atoms with E-state index in [4.69, 9.17) is 5.73 Å². The minimum atomic E-state index is 0.607. The first-order valence-corrected chi connectivity index (χ1v) is 6.28. The highest BCUT2D eigenvalue weighted by Crippen LogP contribution is 2.29. The Morgan fingerprint density at radius 2 is 2.13 bits per heavy atom. The molecule has 2 N–H and O–H groups in total. The zero-order chi connectivity index (χ0) is 10.7. The van der Waals surface area contributed by atoms with Crippen LogP contribution in [0.3, 0.4) is 0 Å². The van der Waals surface area contributed by atoms with Crippen molar-refractivity contribution in [2.45, 2.75) is 19.8 Å². The van der Waals surface area contributed by atoms with Gasteiger partial charge in [0, 0.05) is 6.42 Å². The summed E-state index contributed by atoms with van der Waals surface area (Å²) in [6.45, 7) is 2.66. The normalized spacial score (nSPS) is 10.8. The van der Waals surface area contributed by atoms with Crippen molar-refractivity contribution in [3.63, 3.8) is 0 Å². The molecule has 2 rings (SSSR count). The molecule has 5 nitrogen and oxygen atoms in total. The van der Waals surface area contributed by atoms with E-state index in [0.29, 0.717) is 6.54 Å². The second-order valence-electron chi connectivity index (χ2n) is 2.94. The van der Waals surface area contributed by atoms with Crippen LogP contribution < -0.4 is 5.73 Å². The maximum atomic E-state index is 5.46. The summed E-state index contributed by atoms with van der Waals surface area (Å²) in [6, 6.07) is 0. The second kappa shape index (κ2) is 4.73. The van der Waals surface area contributed by atoms with E-state index in [1.807, 2.05) is 0 Å². The number of rotatable bonds is 4. The zero-order valence-electron chi connectivity index (χ0n) is 8.30. The molecule has 0 amide bonds. The van der Waals surface area contributed by atoms with Crippen LogP contribution in [0.15, 0.2) is 0 Å². The Labute approximate surface area is 95.5 Å². The van der Waals surface area contributed by atoms with E-state index in [0.717, 1.165) is 33.4 Å². The number of nitrogens with zero attached hydrogens (tertiary/aromatic N) is 4. The molecule has 0 spiro atoms. The SMILES string of the molecule is CCc1nnsc1-c1nnc(CCN)s1. The highest BCUT2D eigenvalue weighted by molar-refractivity contribution is 7.19. The summed E-state index contributed by atoms with van der Waals surface area (Å²) in [5, 5.41) is 14.1. The standard InChI is InChI=1S/C8H11N5S2/c1-2-5-7(15-13-10-5)8-12-11-6(14-8)3-4-9/h2-4,9H2,1H3. The van der Waals surface area contributed by atoms with Gasteiger partial charge in [0.25, 0.3) is 0 Å². The fourth-order valence-corrected chi connectivity index (χ4v) is 2.86. The molecule has 0 radical (unpaired) electrons. The van der Waals surface area contributed by atoms with Gasteiger partial charge in [-0.25, -0.2) is 0 Å². The molecule has 0 aromatic carbocycles. The van der Waals surface area contributed by atoms with E-state index in [-0.39, 0.29) is 0 Å². The van der Waals surface area contributed by atoms with Crippen LogP contribution in [-0.4, -0.2) is 26.3 Å². The molecule has 0 saturated carbocycles. The van der Waals surface area contributed by atoms with Crippen LogP contribution in [-0.2, 0) is 12.8 Å². The van der Waals surface area contributed by atoms with E-state index in [2.05, 4.69) is 26.7 Å². The van der Waals surface area contributed by atoms with Crippen LogP contribution in [0.4, 0.5) is 0 Å². The van der Waals surface area contributed by atoms with E-state index in [1.165, 1.54) is 11.5 Å². The van der Waals surface area contributed by atoms with Gasteiger partial charge in [0.1, 0.15) is 9.88 Å². The van der Waals surface area contributed by atoms with Gasteiger partial charge in [-0.2, -0.15) is 0 Å². The third-order valence-corrected chi connectivity index (χ3v) is 3.81. The first-order chi connectivity index (χ1) is 7.35. The Kier molecular flexibility index (Phi) is 3.34. The summed E-state index contributed by atoms with van der Waals surface area (Å²) in [5.41, 5.74) is 6.46. The highest BCUT2D eigenvalue weighted by Gasteiger charge is 2.13. The zero-order valence-corrected chi connectivity index (χ0v) is 9.94. The molecule has 15 heavy (non-hydrogen) atoms. The van der Waals surface area contributed by atoms with Gasteiger partial charge in [-0.1, -0.05) is 22.7 Å². The van der Waals surface area contributed by atoms with Crippen molar-refractivity contribution in [3.8, 4) is 9.88 Å². The van der Waals surface area contributed by atoms with Crippen molar-refractivity contribution in [2.75, 3.05) is 6.54 Å². The molecule has 0 saturated heterocycles. The molecular formula is C8H11N5S2. The average Bonchev–Trinajstić information content (AvgIpc) is 2.84. The van der Waals surface area contributed by atoms with Crippen LogP contribution in [0.5, 0.6) is 0 Å². The van der Waals surface area contributed by atoms with Gasteiger partial charge in [0.2, 0.25) is 0 Å². The smallest absolute Gasteiger partial charge is 0.161 e. The first-order valence-electron chi connectivity index (χ1n) is 4.69. The Bertz CT molecular complexity index is 436. The molecule has 80 valence electrons. The minimum absolute atomic E-state index is 0.607. The monoisotopic (exact) mass is 241 g/mol. The van der Waals surface area contributed by atoms with E-state index >= 15 is 0 Å². The second-order valence-corrected chi connectivity index (χ2v) is 4.76. The molecule has 0 aliphatic carbocycles. The number of hydrogen-bond acceptors (Lipinski definition) is 7. The lowest BCUT2D eigenvalue weighted by Gasteiger charge is -1.90. The largest absolute Gasteiger partial charge is 0.330 e. The summed E-state index contributed by atoms with van der Waals surface area (Å²) < 4.78 is 3.93. The maximum absolute atomic E-state index is 5.46. The number of nitrogens with two attached hydrogens (primary N) is 1. The molecule has 2 heterocycles. The van der Waals surface area contributed by atoms with Gasteiger partial charge in [-0.3, -0.25) is 0 Å². The van der Waals surface area contributed by atoms with Crippen molar-refractivity contribution in [1.82, 2.24) is 19.8 Å². The maximum Gasteiger partial charge on any atom is 0.161 e. The van der Waals surface area contributed by atoms with E-state index in [9.17, 15) is 0 Å². The number of aryl methyl sites for hydroxylation is 1. The third kappa shape index (κ3) is 2.19. The van der Waals surface area contributed by atoms with Gasteiger partial charge in [0.05, 0.1) is 5.69 Å². The van der Waals surface area contributed by atoms with Crippen molar-refractivity contribution in [3.05, 3.63) is 10.7 Å². The summed E-state index contributed by atoms with van der Waals surface area (Å²) in [4.78, 5) is 1.04. The molecule has 0 unspecified atom stereocenters. The third-order valence-electron chi connectivity index (χ3n) is 1.91. The Morgan fingerprint density at radius 1 is 1.27 bits per heavy atom. The van der Waals surface area contributed by atoms with Crippen molar-refractivity contribution in [2.24, 2.45) is 5.73 Å². The average molecular weight is 241 g/mol.